The summed E-state index contributed by atoms with van der Waals surface area (Å²) in [4.78, 5) is 19.1. The predicted octanol–water partition coefficient (Wildman–Crippen LogP) is 2.12. The molecule has 1 aromatic heterocycles. The lowest BCUT2D eigenvalue weighted by molar-refractivity contribution is -0.137. The number of carbonyl (C=O) groups is 1. The van der Waals surface area contributed by atoms with Gasteiger partial charge in [0.2, 0.25) is 0 Å². The Kier molecular flexibility index (Phi) is 5.21. The number of methoxy groups -OCH3 is 1. The Hall–Kier alpha value is -0.460. The number of nitrogens with zero attached hydrogens (tertiary/aromatic N) is 2. The maximum absolute atomic E-state index is 10.9. The van der Waals surface area contributed by atoms with Crippen LogP contribution in [0.4, 0.5) is 0 Å². The molecule has 15 heavy (non-hydrogen) atoms. The molecule has 0 saturated heterocycles. The lowest BCUT2D eigenvalue weighted by Gasteiger charge is -2.02. The molecule has 82 valence electrons. The molecule has 0 radical (unpaired) electrons. The smallest absolute Gasteiger partial charge is 0.316 e. The first-order valence-corrected chi connectivity index (χ1v) is 6.52. The van der Waals surface area contributed by atoms with Gasteiger partial charge in [-0.05, 0) is 6.26 Å². The first-order valence-electron chi connectivity index (χ1n) is 3.94. The van der Waals surface area contributed by atoms with Crippen LogP contribution in [0.3, 0.4) is 0 Å². The summed E-state index contributed by atoms with van der Waals surface area (Å²) in [6, 6.07) is 1.62. The van der Waals surface area contributed by atoms with Crippen molar-refractivity contribution >= 4 is 41.1 Å². The highest BCUT2D eigenvalue weighted by Crippen LogP contribution is 2.21. The highest BCUT2D eigenvalue weighted by atomic mass is 35.5. The van der Waals surface area contributed by atoms with Gasteiger partial charge in [0.1, 0.15) is 10.2 Å². The Morgan fingerprint density at radius 3 is 2.93 bits per heavy atom. The first-order chi connectivity index (χ1) is 7.15. The summed E-state index contributed by atoms with van der Waals surface area (Å²) in [5.41, 5.74) is 0. The first kappa shape index (κ1) is 12.6. The van der Waals surface area contributed by atoms with Gasteiger partial charge in [-0.1, -0.05) is 35.1 Å². The molecule has 7 heteroatoms. The molecule has 0 amide bonds. The van der Waals surface area contributed by atoms with Crippen LogP contribution >= 0.6 is 35.1 Å². The summed E-state index contributed by atoms with van der Waals surface area (Å²) in [5.74, 6) is -0.0714. The van der Waals surface area contributed by atoms with E-state index in [2.05, 4.69) is 14.7 Å². The van der Waals surface area contributed by atoms with Crippen LogP contribution in [0.25, 0.3) is 0 Å². The molecule has 0 bridgehead atoms. The van der Waals surface area contributed by atoms with Crippen LogP contribution in [0.15, 0.2) is 16.2 Å². The predicted molar refractivity (Wildman–Crippen MR) is 61.6 cm³/mol. The van der Waals surface area contributed by atoms with E-state index in [0.717, 1.165) is 0 Å². The van der Waals surface area contributed by atoms with E-state index in [4.69, 9.17) is 11.6 Å². The van der Waals surface area contributed by atoms with E-state index in [1.165, 1.54) is 30.6 Å². The number of thioether (sulfide) groups is 2. The van der Waals surface area contributed by atoms with Gasteiger partial charge < -0.3 is 4.74 Å². The second-order valence-corrected chi connectivity index (χ2v) is 4.54. The Bertz CT molecular complexity index is 362. The third-order valence-corrected chi connectivity index (χ3v) is 3.03. The molecule has 0 aromatic carbocycles. The zero-order chi connectivity index (χ0) is 11.3. The van der Waals surface area contributed by atoms with E-state index < -0.39 is 0 Å². The van der Waals surface area contributed by atoms with Crippen LogP contribution in [0.2, 0.25) is 5.15 Å². The van der Waals surface area contributed by atoms with Gasteiger partial charge in [-0.25, -0.2) is 9.97 Å². The lowest BCUT2D eigenvalue weighted by atomic mass is 10.7. The summed E-state index contributed by atoms with van der Waals surface area (Å²) >= 11 is 8.46. The van der Waals surface area contributed by atoms with Gasteiger partial charge in [0.15, 0.2) is 5.16 Å². The van der Waals surface area contributed by atoms with Gasteiger partial charge in [0, 0.05) is 6.07 Å². The molecule has 0 saturated carbocycles. The standard InChI is InChI=1S/C8H9ClN2O2S2/c1-13-7(12)4-15-6-3-5(9)10-8(11-6)14-2/h3H,4H2,1-2H3. The molecule has 1 heterocycles. The van der Waals surface area contributed by atoms with Gasteiger partial charge in [0.05, 0.1) is 12.9 Å². The molecule has 1 aromatic rings. The van der Waals surface area contributed by atoms with Crippen molar-refractivity contribution in [3.8, 4) is 0 Å². The van der Waals surface area contributed by atoms with Crippen molar-refractivity contribution in [2.24, 2.45) is 0 Å². The largest absolute Gasteiger partial charge is 0.468 e. The van der Waals surface area contributed by atoms with Gasteiger partial charge in [-0.15, -0.1) is 0 Å². The van der Waals surface area contributed by atoms with Crippen molar-refractivity contribution in [1.29, 1.82) is 0 Å². The molecule has 1 rings (SSSR count). The van der Waals surface area contributed by atoms with E-state index in [1.807, 2.05) is 6.26 Å². The maximum atomic E-state index is 10.9. The average Bonchev–Trinajstić information content (AvgIpc) is 2.25. The number of hydrogen-bond donors (Lipinski definition) is 0. The van der Waals surface area contributed by atoms with E-state index >= 15 is 0 Å². The lowest BCUT2D eigenvalue weighted by Crippen LogP contribution is -2.03. The van der Waals surface area contributed by atoms with Crippen LogP contribution in [-0.2, 0) is 9.53 Å². The number of halogens is 1. The fourth-order valence-corrected chi connectivity index (χ4v) is 2.20. The van der Waals surface area contributed by atoms with E-state index in [1.54, 1.807) is 6.07 Å². The molecule has 0 aliphatic heterocycles. The number of ether oxygens (including phenoxy) is 1. The fourth-order valence-electron chi connectivity index (χ4n) is 0.734. The quantitative estimate of drug-likeness (QED) is 0.359. The third-order valence-electron chi connectivity index (χ3n) is 1.40. The Balaban J connectivity index is 2.68. The maximum Gasteiger partial charge on any atom is 0.316 e. The molecule has 0 aliphatic rings. The van der Waals surface area contributed by atoms with Crippen molar-refractivity contribution in [2.75, 3.05) is 19.1 Å². The second kappa shape index (κ2) is 6.19. The van der Waals surface area contributed by atoms with Crippen molar-refractivity contribution in [1.82, 2.24) is 9.97 Å². The van der Waals surface area contributed by atoms with Crippen molar-refractivity contribution in [2.45, 2.75) is 10.2 Å². The minimum absolute atomic E-state index is 0.220. The highest BCUT2D eigenvalue weighted by Gasteiger charge is 2.06. The van der Waals surface area contributed by atoms with Gasteiger partial charge >= 0.3 is 5.97 Å². The minimum Gasteiger partial charge on any atom is -0.468 e. The summed E-state index contributed by atoms with van der Waals surface area (Å²) in [5, 5.41) is 1.64. The molecule has 0 N–H and O–H groups in total. The molecule has 0 spiro atoms. The van der Waals surface area contributed by atoms with Gasteiger partial charge in [-0.2, -0.15) is 0 Å². The van der Waals surface area contributed by atoms with Crippen molar-refractivity contribution < 1.29 is 9.53 Å². The summed E-state index contributed by atoms with van der Waals surface area (Å²) in [7, 11) is 1.35. The Morgan fingerprint density at radius 2 is 2.33 bits per heavy atom. The molecular weight excluding hydrogens is 256 g/mol. The Morgan fingerprint density at radius 1 is 1.60 bits per heavy atom. The topological polar surface area (TPSA) is 52.1 Å². The van der Waals surface area contributed by atoms with Gasteiger partial charge in [0.25, 0.3) is 0 Å². The monoisotopic (exact) mass is 264 g/mol. The summed E-state index contributed by atoms with van der Waals surface area (Å²) in [6.07, 6.45) is 1.86. The number of esters is 1. The SMILES string of the molecule is COC(=O)CSc1cc(Cl)nc(SC)n1. The fraction of sp³-hybridized carbons (Fsp3) is 0.375. The van der Waals surface area contributed by atoms with Crippen molar-refractivity contribution in [3.63, 3.8) is 0 Å². The average molecular weight is 265 g/mol. The molecule has 4 nitrogen and oxygen atoms in total. The summed E-state index contributed by atoms with van der Waals surface area (Å²) < 4.78 is 4.52. The second-order valence-electron chi connectivity index (χ2n) is 2.38. The van der Waals surface area contributed by atoms with Crippen LogP contribution in [0, 0.1) is 0 Å². The Labute approximate surface area is 101 Å². The van der Waals surface area contributed by atoms with E-state index in [-0.39, 0.29) is 11.7 Å². The number of carbonyl (C=O) groups excluding carboxylic acids is 1. The number of aromatic nitrogens is 2. The van der Waals surface area contributed by atoms with Crippen LogP contribution in [0.5, 0.6) is 0 Å². The zero-order valence-corrected chi connectivity index (χ0v) is 10.6. The normalized spacial score (nSPS) is 10.1. The third kappa shape index (κ3) is 4.27. The molecular formula is C8H9ClN2O2S2. The summed E-state index contributed by atoms with van der Waals surface area (Å²) in [6.45, 7) is 0. The minimum atomic E-state index is -0.291. The zero-order valence-electron chi connectivity index (χ0n) is 8.19. The van der Waals surface area contributed by atoms with Crippen molar-refractivity contribution in [3.05, 3.63) is 11.2 Å². The molecule has 0 aliphatic carbocycles. The van der Waals surface area contributed by atoms with Crippen LogP contribution in [-0.4, -0.2) is 35.1 Å². The van der Waals surface area contributed by atoms with Gasteiger partial charge in [-0.3, -0.25) is 4.79 Å². The van der Waals surface area contributed by atoms with Crippen LogP contribution < -0.4 is 0 Å². The van der Waals surface area contributed by atoms with Crippen LogP contribution in [0.1, 0.15) is 0 Å². The molecule has 0 atom stereocenters. The van der Waals surface area contributed by atoms with E-state index in [9.17, 15) is 4.79 Å². The van der Waals surface area contributed by atoms with E-state index in [0.29, 0.717) is 15.3 Å². The number of hydrogen-bond acceptors (Lipinski definition) is 6. The molecule has 0 unspecified atom stereocenters. The number of rotatable bonds is 4. The highest BCUT2D eigenvalue weighted by molar-refractivity contribution is 8.00. The molecule has 0 fully saturated rings.